The SMILES string of the molecule is Cc1cccc(OCc2nc(C)c(C(=O)Nc3ccc4c(c3)OCCO4)s2)c1. The maximum Gasteiger partial charge on any atom is 0.267 e. The average molecular weight is 396 g/mol. The number of aryl methyl sites for hydroxylation is 2. The smallest absolute Gasteiger partial charge is 0.267 e. The fourth-order valence-electron chi connectivity index (χ4n) is 2.88. The molecule has 0 saturated heterocycles. The van der Waals surface area contributed by atoms with Crippen molar-refractivity contribution in [2.24, 2.45) is 0 Å². The number of nitrogens with one attached hydrogen (secondary N) is 1. The quantitative estimate of drug-likeness (QED) is 0.694. The summed E-state index contributed by atoms with van der Waals surface area (Å²) in [5.74, 6) is 1.91. The van der Waals surface area contributed by atoms with Gasteiger partial charge >= 0.3 is 0 Å². The second-order valence-electron chi connectivity index (χ2n) is 6.44. The third kappa shape index (κ3) is 4.09. The second kappa shape index (κ2) is 7.90. The molecular weight excluding hydrogens is 376 g/mol. The molecule has 0 atom stereocenters. The number of carbonyl (C=O) groups excluding carboxylic acids is 1. The first-order chi connectivity index (χ1) is 13.6. The Balaban J connectivity index is 1.43. The van der Waals surface area contributed by atoms with Crippen molar-refractivity contribution >= 4 is 22.9 Å². The lowest BCUT2D eigenvalue weighted by molar-refractivity contribution is 0.102. The van der Waals surface area contributed by atoms with Crippen LogP contribution >= 0.6 is 11.3 Å². The zero-order chi connectivity index (χ0) is 19.5. The first-order valence-electron chi connectivity index (χ1n) is 8.95. The van der Waals surface area contributed by atoms with E-state index in [2.05, 4.69) is 10.3 Å². The average Bonchev–Trinajstić information content (AvgIpc) is 3.07. The number of benzene rings is 2. The van der Waals surface area contributed by atoms with Crippen LogP contribution in [-0.4, -0.2) is 24.1 Å². The van der Waals surface area contributed by atoms with Gasteiger partial charge in [0.25, 0.3) is 5.91 Å². The fourth-order valence-corrected chi connectivity index (χ4v) is 3.76. The van der Waals surface area contributed by atoms with Gasteiger partial charge in [-0.2, -0.15) is 0 Å². The number of fused-ring (bicyclic) bond motifs is 1. The van der Waals surface area contributed by atoms with Gasteiger partial charge in [-0.1, -0.05) is 12.1 Å². The van der Waals surface area contributed by atoms with Crippen molar-refractivity contribution < 1.29 is 19.0 Å². The lowest BCUT2D eigenvalue weighted by Gasteiger charge is -2.18. The van der Waals surface area contributed by atoms with Crippen LogP contribution in [-0.2, 0) is 6.61 Å². The zero-order valence-corrected chi connectivity index (χ0v) is 16.5. The number of hydrogen-bond donors (Lipinski definition) is 1. The Bertz CT molecular complexity index is 1020. The van der Waals surface area contributed by atoms with Gasteiger partial charge in [0.15, 0.2) is 11.5 Å². The summed E-state index contributed by atoms with van der Waals surface area (Å²) in [6.45, 7) is 5.20. The monoisotopic (exact) mass is 396 g/mol. The molecule has 2 heterocycles. The van der Waals surface area contributed by atoms with Gasteiger partial charge in [-0.15, -0.1) is 11.3 Å². The summed E-state index contributed by atoms with van der Waals surface area (Å²) in [4.78, 5) is 17.7. The molecule has 28 heavy (non-hydrogen) atoms. The van der Waals surface area contributed by atoms with Crippen LogP contribution in [0.25, 0.3) is 0 Å². The van der Waals surface area contributed by atoms with E-state index in [4.69, 9.17) is 14.2 Å². The zero-order valence-electron chi connectivity index (χ0n) is 15.7. The summed E-state index contributed by atoms with van der Waals surface area (Å²) in [5.41, 5.74) is 2.47. The van der Waals surface area contributed by atoms with Crippen LogP contribution in [0.5, 0.6) is 17.2 Å². The second-order valence-corrected chi connectivity index (χ2v) is 7.52. The Labute approximate surface area is 167 Å². The molecule has 0 spiro atoms. The van der Waals surface area contributed by atoms with Crippen molar-refractivity contribution in [3.05, 3.63) is 63.6 Å². The third-order valence-corrected chi connectivity index (χ3v) is 5.33. The minimum Gasteiger partial charge on any atom is -0.486 e. The van der Waals surface area contributed by atoms with Gasteiger partial charge in [-0.3, -0.25) is 4.79 Å². The molecule has 1 amide bonds. The Morgan fingerprint density at radius 2 is 1.96 bits per heavy atom. The summed E-state index contributed by atoms with van der Waals surface area (Å²) >= 11 is 1.33. The van der Waals surface area contributed by atoms with Crippen molar-refractivity contribution in [1.82, 2.24) is 4.98 Å². The van der Waals surface area contributed by atoms with Crippen molar-refractivity contribution in [3.8, 4) is 17.2 Å². The normalized spacial score (nSPS) is 12.5. The molecule has 1 aliphatic heterocycles. The molecule has 2 aromatic carbocycles. The predicted octanol–water partition coefficient (Wildman–Crippen LogP) is 4.36. The summed E-state index contributed by atoms with van der Waals surface area (Å²) in [6.07, 6.45) is 0. The molecule has 0 aliphatic carbocycles. The standard InChI is InChI=1S/C21H20N2O4S/c1-13-4-3-5-16(10-13)27-12-19-22-14(2)20(28-19)21(24)23-15-6-7-17-18(11-15)26-9-8-25-17/h3-7,10-11H,8-9,12H2,1-2H3,(H,23,24). The van der Waals surface area contributed by atoms with E-state index in [1.165, 1.54) is 11.3 Å². The van der Waals surface area contributed by atoms with Crippen molar-refractivity contribution in [2.75, 3.05) is 18.5 Å². The van der Waals surface area contributed by atoms with E-state index in [-0.39, 0.29) is 5.91 Å². The molecule has 4 rings (SSSR count). The molecule has 7 heteroatoms. The Morgan fingerprint density at radius 1 is 1.14 bits per heavy atom. The number of rotatable bonds is 5. The van der Waals surface area contributed by atoms with Gasteiger partial charge in [-0.05, 0) is 43.7 Å². The van der Waals surface area contributed by atoms with Gasteiger partial charge < -0.3 is 19.5 Å². The molecular formula is C21H20N2O4S. The minimum absolute atomic E-state index is 0.200. The Morgan fingerprint density at radius 3 is 2.79 bits per heavy atom. The van der Waals surface area contributed by atoms with Gasteiger partial charge in [0.05, 0.1) is 5.69 Å². The van der Waals surface area contributed by atoms with E-state index in [1.807, 2.05) is 38.1 Å². The van der Waals surface area contributed by atoms with E-state index in [0.29, 0.717) is 47.6 Å². The van der Waals surface area contributed by atoms with E-state index < -0.39 is 0 Å². The fraction of sp³-hybridized carbons (Fsp3) is 0.238. The van der Waals surface area contributed by atoms with Gasteiger partial charge in [0.2, 0.25) is 0 Å². The van der Waals surface area contributed by atoms with Gasteiger partial charge in [-0.25, -0.2) is 4.98 Å². The molecule has 0 radical (unpaired) electrons. The molecule has 0 saturated carbocycles. The van der Waals surface area contributed by atoms with Crippen molar-refractivity contribution in [1.29, 1.82) is 0 Å². The number of hydrogen-bond acceptors (Lipinski definition) is 6. The molecule has 144 valence electrons. The van der Waals surface area contributed by atoms with E-state index >= 15 is 0 Å². The number of anilines is 1. The maximum absolute atomic E-state index is 12.7. The summed E-state index contributed by atoms with van der Waals surface area (Å²) in [5, 5.41) is 3.65. The van der Waals surface area contributed by atoms with Gasteiger partial charge in [0.1, 0.15) is 35.5 Å². The number of thiazole rings is 1. The number of amides is 1. The molecule has 0 unspecified atom stereocenters. The van der Waals surface area contributed by atoms with Crippen LogP contribution in [0.2, 0.25) is 0 Å². The third-order valence-electron chi connectivity index (χ3n) is 4.20. The summed E-state index contributed by atoms with van der Waals surface area (Å²) in [6, 6.07) is 13.2. The first-order valence-corrected chi connectivity index (χ1v) is 9.77. The van der Waals surface area contributed by atoms with Crippen LogP contribution in [0.3, 0.4) is 0 Å². The highest BCUT2D eigenvalue weighted by Gasteiger charge is 2.18. The van der Waals surface area contributed by atoms with Crippen LogP contribution in [0, 0.1) is 13.8 Å². The number of ether oxygens (including phenoxy) is 3. The van der Waals surface area contributed by atoms with Crippen LogP contribution in [0.4, 0.5) is 5.69 Å². The molecule has 1 aromatic heterocycles. The molecule has 1 N–H and O–H groups in total. The lowest BCUT2D eigenvalue weighted by atomic mass is 10.2. The van der Waals surface area contributed by atoms with E-state index in [9.17, 15) is 4.79 Å². The number of aromatic nitrogens is 1. The van der Waals surface area contributed by atoms with Crippen molar-refractivity contribution in [2.45, 2.75) is 20.5 Å². The van der Waals surface area contributed by atoms with Crippen LogP contribution in [0.15, 0.2) is 42.5 Å². The molecule has 0 bridgehead atoms. The van der Waals surface area contributed by atoms with E-state index in [1.54, 1.807) is 18.2 Å². The lowest BCUT2D eigenvalue weighted by Crippen LogP contribution is -2.16. The highest BCUT2D eigenvalue weighted by atomic mass is 32.1. The topological polar surface area (TPSA) is 69.7 Å². The van der Waals surface area contributed by atoms with Crippen LogP contribution in [0.1, 0.15) is 25.9 Å². The summed E-state index contributed by atoms with van der Waals surface area (Å²) < 4.78 is 16.8. The van der Waals surface area contributed by atoms with Crippen LogP contribution < -0.4 is 19.5 Å². The molecule has 3 aromatic rings. The first kappa shape index (κ1) is 18.3. The number of nitrogens with zero attached hydrogens (tertiary/aromatic N) is 1. The van der Waals surface area contributed by atoms with Crippen molar-refractivity contribution in [3.63, 3.8) is 0 Å². The largest absolute Gasteiger partial charge is 0.486 e. The van der Waals surface area contributed by atoms with E-state index in [0.717, 1.165) is 16.3 Å². The summed E-state index contributed by atoms with van der Waals surface area (Å²) in [7, 11) is 0. The minimum atomic E-state index is -0.200. The molecule has 6 nitrogen and oxygen atoms in total. The van der Waals surface area contributed by atoms with Gasteiger partial charge in [0, 0.05) is 11.8 Å². The predicted molar refractivity (Wildman–Crippen MR) is 108 cm³/mol. The maximum atomic E-state index is 12.7. The number of carbonyl (C=O) groups is 1. The Kier molecular flexibility index (Phi) is 5.16. The highest BCUT2D eigenvalue weighted by Crippen LogP contribution is 2.33. The Hall–Kier alpha value is -3.06. The molecule has 0 fully saturated rings. The highest BCUT2D eigenvalue weighted by molar-refractivity contribution is 7.13. The molecule has 1 aliphatic rings.